The van der Waals surface area contributed by atoms with E-state index in [0.29, 0.717) is 18.9 Å². The molecule has 0 unspecified atom stereocenters. The number of hydrogen-bond acceptors (Lipinski definition) is 7. The van der Waals surface area contributed by atoms with Crippen LogP contribution in [0.3, 0.4) is 0 Å². The number of hydrogen-bond donors (Lipinski definition) is 4. The van der Waals surface area contributed by atoms with E-state index in [1.54, 1.807) is 10.7 Å². The van der Waals surface area contributed by atoms with Crippen LogP contribution < -0.4 is 21.4 Å². The van der Waals surface area contributed by atoms with E-state index in [0.717, 1.165) is 28.2 Å². The van der Waals surface area contributed by atoms with Gasteiger partial charge in [-0.15, -0.1) is 0 Å². The van der Waals surface area contributed by atoms with Gasteiger partial charge in [0.15, 0.2) is 5.65 Å². The number of aromatic nitrogens is 3. The predicted molar refractivity (Wildman–Crippen MR) is 131 cm³/mol. The van der Waals surface area contributed by atoms with Crippen molar-refractivity contribution in [2.75, 3.05) is 43.2 Å². The molecule has 0 radical (unpaired) electrons. The molecule has 1 aromatic carbocycles. The molecule has 0 saturated heterocycles. The summed E-state index contributed by atoms with van der Waals surface area (Å²) < 4.78 is 1.78. The Bertz CT molecular complexity index is 1050. The molecular weight excluding hydrogens is 405 g/mol. The van der Waals surface area contributed by atoms with Gasteiger partial charge in [-0.1, -0.05) is 26.0 Å². The Morgan fingerprint density at radius 3 is 2.59 bits per heavy atom. The monoisotopic (exact) mass is 437 g/mol. The SMILES string of the molecule is Bc1cnn2c(NCc3ccc(NC(=O)CN(C)C)cc3)cc(N[C@H](CO)C(C)C)nc12. The molecule has 3 rings (SSSR count). The highest BCUT2D eigenvalue weighted by molar-refractivity contribution is 6.36. The normalized spacial score (nSPS) is 12.3. The molecule has 2 aromatic heterocycles. The van der Waals surface area contributed by atoms with Gasteiger partial charge in [-0.2, -0.15) is 9.61 Å². The van der Waals surface area contributed by atoms with Crippen LogP contribution >= 0.6 is 0 Å². The molecule has 0 bridgehead atoms. The number of fused-ring (bicyclic) bond motifs is 1. The molecule has 2 heterocycles. The maximum atomic E-state index is 11.9. The van der Waals surface area contributed by atoms with Gasteiger partial charge in [-0.3, -0.25) is 4.79 Å². The Balaban J connectivity index is 1.73. The summed E-state index contributed by atoms with van der Waals surface area (Å²) in [6.45, 7) is 5.07. The van der Waals surface area contributed by atoms with E-state index < -0.39 is 0 Å². The van der Waals surface area contributed by atoms with Gasteiger partial charge in [0.05, 0.1) is 19.2 Å². The second kappa shape index (κ2) is 10.5. The number of carbonyl (C=O) groups is 1. The highest BCUT2D eigenvalue weighted by Gasteiger charge is 2.15. The number of nitrogens with one attached hydrogen (secondary N) is 3. The summed E-state index contributed by atoms with van der Waals surface area (Å²) in [5.41, 5.74) is 3.57. The molecule has 0 fully saturated rings. The number of amides is 1. The van der Waals surface area contributed by atoms with Crippen LogP contribution in [0.5, 0.6) is 0 Å². The molecule has 0 aliphatic rings. The first kappa shape index (κ1) is 23.6. The molecule has 0 saturated carbocycles. The first-order chi connectivity index (χ1) is 15.3. The number of aliphatic hydroxyl groups excluding tert-OH is 1. The number of anilines is 3. The molecule has 3 aromatic rings. The number of benzene rings is 1. The molecule has 0 aliphatic heterocycles. The summed E-state index contributed by atoms with van der Waals surface area (Å²) in [6.07, 6.45) is 1.79. The smallest absolute Gasteiger partial charge is 0.238 e. The molecule has 0 spiro atoms. The lowest BCUT2D eigenvalue weighted by atomic mass is 10.0. The Morgan fingerprint density at radius 1 is 1.25 bits per heavy atom. The van der Waals surface area contributed by atoms with Crippen LogP contribution in [0.2, 0.25) is 0 Å². The fraction of sp³-hybridized carbons (Fsp3) is 0.409. The van der Waals surface area contributed by atoms with Gasteiger partial charge in [0.1, 0.15) is 19.5 Å². The minimum Gasteiger partial charge on any atom is -0.394 e. The van der Waals surface area contributed by atoms with Gasteiger partial charge < -0.3 is 26.0 Å². The van der Waals surface area contributed by atoms with Crippen LogP contribution in [0.25, 0.3) is 5.65 Å². The van der Waals surface area contributed by atoms with E-state index >= 15 is 0 Å². The third-order valence-corrected chi connectivity index (χ3v) is 5.15. The van der Waals surface area contributed by atoms with E-state index in [1.807, 2.05) is 57.2 Å². The Kier molecular flexibility index (Phi) is 7.71. The lowest BCUT2D eigenvalue weighted by molar-refractivity contribution is -0.116. The summed E-state index contributed by atoms with van der Waals surface area (Å²) in [4.78, 5) is 18.4. The Hall–Kier alpha value is -3.11. The van der Waals surface area contributed by atoms with Crippen molar-refractivity contribution < 1.29 is 9.90 Å². The highest BCUT2D eigenvalue weighted by atomic mass is 16.3. The zero-order chi connectivity index (χ0) is 23.3. The third kappa shape index (κ3) is 5.98. The maximum Gasteiger partial charge on any atom is 0.238 e. The largest absolute Gasteiger partial charge is 0.394 e. The van der Waals surface area contributed by atoms with Crippen LogP contribution in [0.15, 0.2) is 36.5 Å². The highest BCUT2D eigenvalue weighted by Crippen LogP contribution is 2.19. The second-order valence-electron chi connectivity index (χ2n) is 8.60. The van der Waals surface area contributed by atoms with Gasteiger partial charge in [-0.05, 0) is 43.2 Å². The van der Waals surface area contributed by atoms with Crippen LogP contribution in [-0.4, -0.2) is 71.6 Å². The zero-order valence-electron chi connectivity index (χ0n) is 19.4. The average molecular weight is 437 g/mol. The van der Waals surface area contributed by atoms with Crippen molar-refractivity contribution in [1.82, 2.24) is 19.5 Å². The number of rotatable bonds is 10. The van der Waals surface area contributed by atoms with Crippen molar-refractivity contribution in [3.05, 3.63) is 42.1 Å². The number of nitrogens with zero attached hydrogens (tertiary/aromatic N) is 4. The molecule has 0 aliphatic carbocycles. The fourth-order valence-electron chi connectivity index (χ4n) is 3.27. The van der Waals surface area contributed by atoms with Crippen molar-refractivity contribution in [1.29, 1.82) is 0 Å². The van der Waals surface area contributed by atoms with Crippen molar-refractivity contribution >= 4 is 42.2 Å². The summed E-state index contributed by atoms with van der Waals surface area (Å²) in [5.74, 6) is 1.71. The summed E-state index contributed by atoms with van der Waals surface area (Å²) in [5, 5.41) is 23.8. The number of likely N-dealkylation sites (N-methyl/N-ethyl adjacent to an activating group) is 1. The lowest BCUT2D eigenvalue weighted by Gasteiger charge is -2.21. The van der Waals surface area contributed by atoms with E-state index in [9.17, 15) is 9.90 Å². The molecule has 1 amide bonds. The van der Waals surface area contributed by atoms with E-state index in [2.05, 4.69) is 39.9 Å². The maximum absolute atomic E-state index is 11.9. The summed E-state index contributed by atoms with van der Waals surface area (Å²) in [6, 6.07) is 9.56. The van der Waals surface area contributed by atoms with Crippen molar-refractivity contribution in [3.63, 3.8) is 0 Å². The number of carbonyl (C=O) groups excluding carboxylic acids is 1. The Morgan fingerprint density at radius 2 is 1.97 bits per heavy atom. The quantitative estimate of drug-likeness (QED) is 0.343. The fourth-order valence-corrected chi connectivity index (χ4v) is 3.27. The summed E-state index contributed by atoms with van der Waals surface area (Å²) in [7, 11) is 5.69. The van der Waals surface area contributed by atoms with Gasteiger partial charge >= 0.3 is 0 Å². The lowest BCUT2D eigenvalue weighted by Crippen LogP contribution is -2.30. The van der Waals surface area contributed by atoms with Crippen LogP contribution in [0, 0.1) is 5.92 Å². The second-order valence-corrected chi connectivity index (χ2v) is 8.60. The van der Waals surface area contributed by atoms with Crippen molar-refractivity contribution in [3.8, 4) is 0 Å². The molecule has 4 N–H and O–H groups in total. The van der Waals surface area contributed by atoms with E-state index in [4.69, 9.17) is 0 Å². The van der Waals surface area contributed by atoms with Crippen LogP contribution in [0.4, 0.5) is 17.3 Å². The molecule has 170 valence electrons. The predicted octanol–water partition coefficient (Wildman–Crippen LogP) is 0.529. The van der Waals surface area contributed by atoms with Gasteiger partial charge in [0, 0.05) is 24.5 Å². The third-order valence-electron chi connectivity index (χ3n) is 5.15. The first-order valence-electron chi connectivity index (χ1n) is 10.8. The molecule has 1 atom stereocenters. The molecule has 10 heteroatoms. The van der Waals surface area contributed by atoms with Gasteiger partial charge in [0.2, 0.25) is 5.91 Å². The molecule has 9 nitrogen and oxygen atoms in total. The van der Waals surface area contributed by atoms with E-state index in [-0.39, 0.29) is 24.5 Å². The number of aliphatic hydroxyl groups is 1. The average Bonchev–Trinajstić information content (AvgIpc) is 3.11. The molecular formula is C22H32BN7O2. The summed E-state index contributed by atoms with van der Waals surface area (Å²) >= 11 is 0. The van der Waals surface area contributed by atoms with Crippen LogP contribution in [-0.2, 0) is 11.3 Å². The standard InChI is InChI=1S/C22H32BN7O2/c1-14(2)18(13-31)27-19-9-20(30-22(28-19)17(23)11-25-30)24-10-15-5-7-16(8-6-15)26-21(32)12-29(3)4/h5-9,11,14,18,24,31H,10,12-13,23H2,1-4H3,(H,26,32)(H,27,28)/t18-/m1/s1. The topological polar surface area (TPSA) is 107 Å². The van der Waals surface area contributed by atoms with Crippen molar-refractivity contribution in [2.24, 2.45) is 5.92 Å². The minimum atomic E-state index is -0.0868. The van der Waals surface area contributed by atoms with Crippen LogP contribution in [0.1, 0.15) is 19.4 Å². The molecule has 32 heavy (non-hydrogen) atoms. The van der Waals surface area contributed by atoms with E-state index in [1.165, 1.54) is 0 Å². The minimum absolute atomic E-state index is 0.0307. The zero-order valence-corrected chi connectivity index (χ0v) is 19.4. The Labute approximate surface area is 189 Å². The van der Waals surface area contributed by atoms with Gasteiger partial charge in [0.25, 0.3) is 0 Å². The first-order valence-corrected chi connectivity index (χ1v) is 10.8. The van der Waals surface area contributed by atoms with Crippen molar-refractivity contribution in [2.45, 2.75) is 26.4 Å². The van der Waals surface area contributed by atoms with Gasteiger partial charge in [-0.25, -0.2) is 4.98 Å².